The van der Waals surface area contributed by atoms with Crippen molar-refractivity contribution < 1.29 is 19.4 Å². The smallest absolute Gasteiger partial charge is 0.222 e. The minimum atomic E-state index is -0.682. The minimum Gasteiger partial charge on any atom is -0.388 e. The molecule has 104 valence electrons. The van der Waals surface area contributed by atoms with E-state index in [1.807, 2.05) is 13.8 Å². The fourth-order valence-corrected chi connectivity index (χ4v) is 2.62. The van der Waals surface area contributed by atoms with E-state index in [1.54, 1.807) is 0 Å². The van der Waals surface area contributed by atoms with Gasteiger partial charge in [-0.25, -0.2) is 0 Å². The van der Waals surface area contributed by atoms with Gasteiger partial charge in [0.15, 0.2) is 0 Å². The van der Waals surface area contributed by atoms with Crippen LogP contribution in [0.1, 0.15) is 26.7 Å². The maximum absolute atomic E-state index is 11.6. The van der Waals surface area contributed by atoms with Crippen LogP contribution >= 0.6 is 0 Å². The fourth-order valence-electron chi connectivity index (χ4n) is 2.62. The Bertz CT molecular complexity index is 310. The third-order valence-electron chi connectivity index (χ3n) is 3.37. The quantitative estimate of drug-likeness (QED) is 0.610. The molecule has 6 nitrogen and oxygen atoms in total. The van der Waals surface area contributed by atoms with Crippen LogP contribution in [0.2, 0.25) is 0 Å². The molecule has 2 aliphatic rings. The van der Waals surface area contributed by atoms with Crippen LogP contribution in [-0.4, -0.2) is 54.1 Å². The largest absolute Gasteiger partial charge is 0.388 e. The first-order chi connectivity index (χ1) is 8.51. The molecule has 4 N–H and O–H groups in total. The molecule has 18 heavy (non-hydrogen) atoms. The summed E-state index contributed by atoms with van der Waals surface area (Å²) in [6.07, 6.45) is -0.713. The third kappa shape index (κ3) is 2.83. The Balaban J connectivity index is 1.82. The van der Waals surface area contributed by atoms with Crippen LogP contribution in [0.15, 0.2) is 0 Å². The number of ether oxygens (including phenoxy) is 2. The highest BCUT2D eigenvalue weighted by Crippen LogP contribution is 2.35. The van der Waals surface area contributed by atoms with Gasteiger partial charge in [-0.2, -0.15) is 0 Å². The summed E-state index contributed by atoms with van der Waals surface area (Å²) in [5, 5.41) is 12.8. The first kappa shape index (κ1) is 13.7. The predicted octanol–water partition coefficient (Wildman–Crippen LogP) is -0.854. The van der Waals surface area contributed by atoms with E-state index in [1.165, 1.54) is 0 Å². The second-order valence-electron chi connectivity index (χ2n) is 5.32. The van der Waals surface area contributed by atoms with Crippen molar-refractivity contribution in [2.75, 3.05) is 6.54 Å². The lowest BCUT2D eigenvalue weighted by Crippen LogP contribution is -2.37. The Morgan fingerprint density at radius 3 is 2.78 bits per heavy atom. The van der Waals surface area contributed by atoms with Gasteiger partial charge in [0.1, 0.15) is 12.2 Å². The van der Waals surface area contributed by atoms with Gasteiger partial charge >= 0.3 is 0 Å². The number of hydrogen-bond acceptors (Lipinski definition) is 5. The summed E-state index contributed by atoms with van der Waals surface area (Å²) in [6, 6.07) is 0.127. The van der Waals surface area contributed by atoms with Crippen molar-refractivity contribution in [2.24, 2.45) is 5.73 Å². The number of hydrogen-bond donors (Lipinski definition) is 3. The zero-order chi connectivity index (χ0) is 13.3. The molecule has 2 aliphatic heterocycles. The topological polar surface area (TPSA) is 93.8 Å². The first-order valence-electron chi connectivity index (χ1n) is 6.49. The second-order valence-corrected chi connectivity index (χ2v) is 5.32. The van der Waals surface area contributed by atoms with Crippen molar-refractivity contribution >= 4 is 5.91 Å². The summed E-state index contributed by atoms with van der Waals surface area (Å²) >= 11 is 0. The van der Waals surface area contributed by atoms with Crippen molar-refractivity contribution in [3.05, 3.63) is 0 Å². The van der Waals surface area contributed by atoms with Crippen molar-refractivity contribution in [1.29, 1.82) is 0 Å². The van der Waals surface area contributed by atoms with Gasteiger partial charge in [0.2, 0.25) is 5.91 Å². The summed E-state index contributed by atoms with van der Waals surface area (Å²) < 4.78 is 11.3. The van der Waals surface area contributed by atoms with Crippen LogP contribution < -0.4 is 11.1 Å². The van der Waals surface area contributed by atoms with E-state index >= 15 is 0 Å². The van der Waals surface area contributed by atoms with Gasteiger partial charge in [0.25, 0.3) is 0 Å². The molecule has 2 saturated heterocycles. The van der Waals surface area contributed by atoms with E-state index in [2.05, 4.69) is 5.32 Å². The molecule has 0 aromatic carbocycles. The molecule has 0 aromatic heterocycles. The minimum absolute atomic E-state index is 0.0279. The van der Waals surface area contributed by atoms with Crippen LogP contribution in [0.5, 0.6) is 0 Å². The highest BCUT2D eigenvalue weighted by Gasteiger charge is 2.50. The molecule has 2 fully saturated rings. The highest BCUT2D eigenvalue weighted by molar-refractivity contribution is 5.76. The Kier molecular flexibility index (Phi) is 4.21. The first-order valence-corrected chi connectivity index (χ1v) is 6.49. The van der Waals surface area contributed by atoms with Gasteiger partial charge in [-0.1, -0.05) is 0 Å². The molecule has 5 atom stereocenters. The monoisotopic (exact) mass is 258 g/mol. The molecule has 1 amide bonds. The van der Waals surface area contributed by atoms with E-state index in [0.29, 0.717) is 12.8 Å². The van der Waals surface area contributed by atoms with E-state index in [0.717, 1.165) is 0 Å². The number of rotatable bonds is 4. The number of aliphatic hydroxyl groups is 1. The average Bonchev–Trinajstić information content (AvgIpc) is 2.77. The molecule has 2 heterocycles. The maximum Gasteiger partial charge on any atom is 0.222 e. The number of nitrogens with one attached hydrogen (secondary N) is 1. The average molecular weight is 258 g/mol. The fraction of sp³-hybridized carbons (Fsp3) is 0.917. The summed E-state index contributed by atoms with van der Waals surface area (Å²) in [5.41, 5.74) is 5.49. The summed E-state index contributed by atoms with van der Waals surface area (Å²) in [5.74, 6) is -0.0279. The third-order valence-corrected chi connectivity index (χ3v) is 3.37. The van der Waals surface area contributed by atoms with Gasteiger partial charge < -0.3 is 25.6 Å². The van der Waals surface area contributed by atoms with Gasteiger partial charge in [-0.3, -0.25) is 4.79 Å². The van der Waals surface area contributed by atoms with Crippen LogP contribution in [0.4, 0.5) is 0 Å². The number of amides is 1. The predicted molar refractivity (Wildman–Crippen MR) is 64.9 cm³/mol. The Labute approximate surface area is 107 Å². The van der Waals surface area contributed by atoms with E-state index in [4.69, 9.17) is 15.2 Å². The number of carbonyl (C=O) groups excluding carboxylic acids is 1. The molecule has 0 aliphatic carbocycles. The molecular weight excluding hydrogens is 236 g/mol. The molecular formula is C12H22N2O4. The number of nitrogens with two attached hydrogens (primary N) is 1. The summed E-state index contributed by atoms with van der Waals surface area (Å²) in [6.45, 7) is 4.12. The molecule has 0 bridgehead atoms. The van der Waals surface area contributed by atoms with E-state index < -0.39 is 6.10 Å². The van der Waals surface area contributed by atoms with Crippen LogP contribution in [-0.2, 0) is 14.3 Å². The van der Waals surface area contributed by atoms with Crippen molar-refractivity contribution in [3.8, 4) is 0 Å². The zero-order valence-corrected chi connectivity index (χ0v) is 10.8. The molecule has 6 heteroatoms. The molecule has 0 unspecified atom stereocenters. The van der Waals surface area contributed by atoms with Crippen molar-refractivity contribution in [1.82, 2.24) is 5.32 Å². The Hall–Kier alpha value is -0.690. The molecule has 0 saturated carbocycles. The molecule has 0 spiro atoms. The van der Waals surface area contributed by atoms with E-state index in [9.17, 15) is 9.90 Å². The Morgan fingerprint density at radius 1 is 1.50 bits per heavy atom. The maximum atomic E-state index is 11.6. The van der Waals surface area contributed by atoms with E-state index in [-0.39, 0.29) is 42.9 Å². The standard InChI is InChI=1S/C12H22N2O4/c1-6(2)14-10(15)4-7-3-8-12(17-7)11(16)9(5-13)18-8/h6-9,11-12,16H,3-5,13H2,1-2H3,(H,14,15)/t7-,8+,9+,11+,12-/m0/s1. The van der Waals surface area contributed by atoms with Crippen molar-refractivity contribution in [2.45, 2.75) is 63.3 Å². The summed E-state index contributed by atoms with van der Waals surface area (Å²) in [4.78, 5) is 11.6. The van der Waals surface area contributed by atoms with Crippen molar-refractivity contribution in [3.63, 3.8) is 0 Å². The molecule has 0 aromatic rings. The normalized spacial score (nSPS) is 39.1. The SMILES string of the molecule is CC(C)NC(=O)C[C@@H]1C[C@H]2O[C@H](CN)[C@@H](O)[C@H]2O1. The molecule has 2 rings (SSSR count). The lowest BCUT2D eigenvalue weighted by Gasteiger charge is -2.18. The number of fused-ring (bicyclic) bond motifs is 1. The Morgan fingerprint density at radius 2 is 2.22 bits per heavy atom. The number of carbonyl (C=O) groups is 1. The van der Waals surface area contributed by atoms with Gasteiger partial charge in [-0.05, 0) is 13.8 Å². The van der Waals surface area contributed by atoms with Gasteiger partial charge in [0.05, 0.1) is 24.7 Å². The van der Waals surface area contributed by atoms with Gasteiger partial charge in [0, 0.05) is 19.0 Å². The highest BCUT2D eigenvalue weighted by atomic mass is 16.6. The number of aliphatic hydroxyl groups excluding tert-OH is 1. The van der Waals surface area contributed by atoms with Crippen LogP contribution in [0, 0.1) is 0 Å². The summed E-state index contributed by atoms with van der Waals surface area (Å²) in [7, 11) is 0. The molecule has 0 radical (unpaired) electrons. The lowest BCUT2D eigenvalue weighted by atomic mass is 10.1. The zero-order valence-electron chi connectivity index (χ0n) is 10.8. The van der Waals surface area contributed by atoms with Gasteiger partial charge in [-0.15, -0.1) is 0 Å². The lowest BCUT2D eigenvalue weighted by molar-refractivity contribution is -0.125. The van der Waals surface area contributed by atoms with Crippen LogP contribution in [0.25, 0.3) is 0 Å². The van der Waals surface area contributed by atoms with Crippen LogP contribution in [0.3, 0.4) is 0 Å². The second kappa shape index (κ2) is 5.52.